The molecule has 172 valence electrons. The summed E-state index contributed by atoms with van der Waals surface area (Å²) in [5.41, 5.74) is 5.81. The fourth-order valence-corrected chi connectivity index (χ4v) is 6.64. The number of halogens is 1. The van der Waals surface area contributed by atoms with Crippen molar-refractivity contribution >= 4 is 23.1 Å². The van der Waals surface area contributed by atoms with Gasteiger partial charge in [0.05, 0.1) is 18.3 Å². The van der Waals surface area contributed by atoms with Gasteiger partial charge in [0.1, 0.15) is 10.8 Å². The Labute approximate surface area is 202 Å². The standard InChI is InChI=1S/C28H26FN3OS/c1-18-13-14-20(16-23(18)29)30-28(33)32-17-22-21-10-5-6-12-25(21)34-27(22)31-15-7-11-24(31)26(32)19-8-3-2-4-9-19/h2-4,7-9,11,13-16,26H,5-6,10,12,17H2,1H3,(H,30,33)/t26-/m0/s1. The highest BCUT2D eigenvalue weighted by atomic mass is 32.1. The van der Waals surface area contributed by atoms with Crippen LogP contribution in [0.25, 0.3) is 5.00 Å². The van der Waals surface area contributed by atoms with E-state index in [1.54, 1.807) is 19.1 Å². The summed E-state index contributed by atoms with van der Waals surface area (Å²) in [4.78, 5) is 17.2. The number of thiophene rings is 1. The Bertz CT molecular complexity index is 1370. The van der Waals surface area contributed by atoms with E-state index in [-0.39, 0.29) is 17.9 Å². The van der Waals surface area contributed by atoms with Gasteiger partial charge in [-0.25, -0.2) is 9.18 Å². The Morgan fingerprint density at radius 3 is 2.68 bits per heavy atom. The van der Waals surface area contributed by atoms with Gasteiger partial charge in [-0.2, -0.15) is 0 Å². The molecule has 0 spiro atoms. The van der Waals surface area contributed by atoms with Crippen LogP contribution in [-0.4, -0.2) is 15.5 Å². The average molecular weight is 472 g/mol. The molecule has 0 bridgehead atoms. The Morgan fingerprint density at radius 2 is 1.85 bits per heavy atom. The minimum Gasteiger partial charge on any atom is -0.310 e. The second-order valence-corrected chi connectivity index (χ2v) is 10.2. The number of aryl methyl sites for hydroxylation is 2. The van der Waals surface area contributed by atoms with Crippen molar-refractivity contribution in [1.29, 1.82) is 0 Å². The minimum absolute atomic E-state index is 0.228. The quantitative estimate of drug-likeness (QED) is 0.336. The number of hydrogen-bond donors (Lipinski definition) is 1. The van der Waals surface area contributed by atoms with E-state index in [0.29, 0.717) is 17.8 Å². The largest absolute Gasteiger partial charge is 0.322 e. The number of rotatable bonds is 2. The molecule has 6 heteroatoms. The van der Waals surface area contributed by atoms with E-state index in [4.69, 9.17) is 0 Å². The number of amides is 2. The number of anilines is 1. The lowest BCUT2D eigenvalue weighted by Gasteiger charge is -2.31. The highest BCUT2D eigenvalue weighted by Crippen LogP contribution is 2.44. The van der Waals surface area contributed by atoms with Gasteiger partial charge < -0.3 is 14.8 Å². The van der Waals surface area contributed by atoms with Crippen LogP contribution in [0.15, 0.2) is 66.9 Å². The van der Waals surface area contributed by atoms with Gasteiger partial charge in [0.2, 0.25) is 0 Å². The molecular weight excluding hydrogens is 445 g/mol. The van der Waals surface area contributed by atoms with E-state index in [0.717, 1.165) is 24.1 Å². The van der Waals surface area contributed by atoms with E-state index < -0.39 is 0 Å². The molecule has 1 aliphatic heterocycles. The zero-order valence-corrected chi connectivity index (χ0v) is 19.9. The van der Waals surface area contributed by atoms with Gasteiger partial charge >= 0.3 is 6.03 Å². The van der Waals surface area contributed by atoms with Gasteiger partial charge in [-0.15, -0.1) is 11.3 Å². The van der Waals surface area contributed by atoms with Gasteiger partial charge in [-0.3, -0.25) is 0 Å². The normalized spacial score (nSPS) is 16.9. The predicted octanol–water partition coefficient (Wildman–Crippen LogP) is 7.00. The Hall–Kier alpha value is -3.38. The highest BCUT2D eigenvalue weighted by Gasteiger charge is 2.36. The summed E-state index contributed by atoms with van der Waals surface area (Å²) in [5, 5.41) is 4.20. The SMILES string of the molecule is Cc1ccc(NC(=O)N2Cc3c(sc4c3CCCC4)-n3cccc3[C@@H]2c2ccccc2)cc1F. The molecular formula is C28H26FN3OS. The van der Waals surface area contributed by atoms with Crippen LogP contribution in [0.5, 0.6) is 0 Å². The third kappa shape index (κ3) is 3.53. The van der Waals surface area contributed by atoms with Crippen molar-refractivity contribution in [2.24, 2.45) is 0 Å². The monoisotopic (exact) mass is 471 g/mol. The number of carbonyl (C=O) groups excluding carboxylic acids is 1. The van der Waals surface area contributed by atoms with Crippen LogP contribution in [0, 0.1) is 12.7 Å². The number of nitrogens with one attached hydrogen (secondary N) is 1. The third-order valence-corrected chi connectivity index (χ3v) is 8.31. The highest BCUT2D eigenvalue weighted by molar-refractivity contribution is 7.15. The maximum atomic E-state index is 14.2. The molecule has 6 rings (SSSR count). The van der Waals surface area contributed by atoms with Crippen LogP contribution >= 0.6 is 11.3 Å². The molecule has 4 nitrogen and oxygen atoms in total. The molecule has 3 heterocycles. The first-order valence-corrected chi connectivity index (χ1v) is 12.6. The molecule has 0 fully saturated rings. The number of carbonyl (C=O) groups is 1. The summed E-state index contributed by atoms with van der Waals surface area (Å²) in [6, 6.07) is 18.7. The Morgan fingerprint density at radius 1 is 1.03 bits per heavy atom. The molecule has 0 unspecified atom stereocenters. The summed E-state index contributed by atoms with van der Waals surface area (Å²) in [7, 11) is 0. The van der Waals surface area contributed by atoms with E-state index >= 15 is 0 Å². The average Bonchev–Trinajstić information content (AvgIpc) is 3.44. The lowest BCUT2D eigenvalue weighted by Crippen LogP contribution is -2.38. The number of urea groups is 1. The van der Waals surface area contributed by atoms with Gasteiger partial charge in [0.25, 0.3) is 0 Å². The molecule has 4 aromatic rings. The van der Waals surface area contributed by atoms with E-state index in [2.05, 4.69) is 40.3 Å². The van der Waals surface area contributed by atoms with Gasteiger partial charge in [0, 0.05) is 22.3 Å². The van der Waals surface area contributed by atoms with Gasteiger partial charge in [-0.1, -0.05) is 36.4 Å². The summed E-state index contributed by atoms with van der Waals surface area (Å²) in [6.07, 6.45) is 6.70. The summed E-state index contributed by atoms with van der Waals surface area (Å²) in [6.45, 7) is 2.24. The minimum atomic E-state index is -0.323. The van der Waals surface area contributed by atoms with Crippen LogP contribution in [-0.2, 0) is 19.4 Å². The van der Waals surface area contributed by atoms with Crippen molar-refractivity contribution < 1.29 is 9.18 Å². The molecule has 1 N–H and O–H groups in total. The molecule has 0 radical (unpaired) electrons. The van der Waals surface area contributed by atoms with Crippen LogP contribution in [0.1, 0.15) is 51.7 Å². The zero-order valence-electron chi connectivity index (χ0n) is 19.1. The van der Waals surface area contributed by atoms with Crippen molar-refractivity contribution in [3.8, 4) is 5.00 Å². The smallest absolute Gasteiger partial charge is 0.310 e. The summed E-state index contributed by atoms with van der Waals surface area (Å²) in [5.74, 6) is -0.323. The first-order chi connectivity index (χ1) is 16.6. The van der Waals surface area contributed by atoms with E-state index in [1.165, 1.54) is 39.9 Å². The number of aromatic nitrogens is 1. The molecule has 1 aliphatic carbocycles. The maximum absolute atomic E-state index is 14.2. The lowest BCUT2D eigenvalue weighted by atomic mass is 9.95. The van der Waals surface area contributed by atoms with Crippen molar-refractivity contribution in [3.63, 3.8) is 0 Å². The summed E-state index contributed by atoms with van der Waals surface area (Å²) >= 11 is 1.87. The molecule has 2 amide bonds. The fraction of sp³-hybridized carbons (Fsp3) is 0.250. The first kappa shape index (κ1) is 21.2. The molecule has 0 saturated carbocycles. The topological polar surface area (TPSA) is 37.3 Å². The van der Waals surface area contributed by atoms with E-state index in [9.17, 15) is 9.18 Å². The van der Waals surface area contributed by atoms with Crippen molar-refractivity contribution in [3.05, 3.63) is 106 Å². The third-order valence-electron chi connectivity index (χ3n) is 6.98. The van der Waals surface area contributed by atoms with Crippen molar-refractivity contribution in [1.82, 2.24) is 9.47 Å². The molecule has 2 aliphatic rings. The molecule has 34 heavy (non-hydrogen) atoms. The Kier molecular flexibility index (Phi) is 5.26. The lowest BCUT2D eigenvalue weighted by molar-refractivity contribution is 0.194. The molecule has 0 saturated heterocycles. The predicted molar refractivity (Wildman–Crippen MR) is 134 cm³/mol. The number of benzene rings is 2. The first-order valence-electron chi connectivity index (χ1n) is 11.8. The second kappa shape index (κ2) is 8.44. The molecule has 2 aromatic heterocycles. The van der Waals surface area contributed by atoms with E-state index in [1.807, 2.05) is 34.4 Å². The van der Waals surface area contributed by atoms with Crippen molar-refractivity contribution in [2.75, 3.05) is 5.32 Å². The zero-order chi connectivity index (χ0) is 23.2. The second-order valence-electron chi connectivity index (χ2n) is 9.13. The van der Waals surface area contributed by atoms with Crippen LogP contribution in [0.4, 0.5) is 14.9 Å². The number of fused-ring (bicyclic) bond motifs is 5. The molecule has 1 atom stereocenters. The fourth-order valence-electron chi connectivity index (χ4n) is 5.24. The van der Waals surface area contributed by atoms with Gasteiger partial charge in [0.15, 0.2) is 0 Å². The summed E-state index contributed by atoms with van der Waals surface area (Å²) < 4.78 is 16.5. The van der Waals surface area contributed by atoms with Crippen LogP contribution in [0.2, 0.25) is 0 Å². The van der Waals surface area contributed by atoms with Crippen molar-refractivity contribution in [2.45, 2.75) is 45.2 Å². The van der Waals surface area contributed by atoms with Gasteiger partial charge in [-0.05, 0) is 73.6 Å². The number of hydrogen-bond acceptors (Lipinski definition) is 2. The maximum Gasteiger partial charge on any atom is 0.322 e. The number of nitrogens with zero attached hydrogens (tertiary/aromatic N) is 2. The Balaban J connectivity index is 1.48. The van der Waals surface area contributed by atoms with Crippen LogP contribution in [0.3, 0.4) is 0 Å². The van der Waals surface area contributed by atoms with Crippen LogP contribution < -0.4 is 5.32 Å². The molecule has 2 aromatic carbocycles.